The van der Waals surface area contributed by atoms with E-state index >= 15 is 0 Å². The number of halogens is 1. The van der Waals surface area contributed by atoms with Gasteiger partial charge in [-0.05, 0) is 55.7 Å². The molecule has 3 aromatic rings. The van der Waals surface area contributed by atoms with Crippen LogP contribution in [0.2, 0.25) is 0 Å². The molecule has 0 radical (unpaired) electrons. The molecule has 3 aliphatic rings. The van der Waals surface area contributed by atoms with Crippen LogP contribution < -0.4 is 10.2 Å². The van der Waals surface area contributed by atoms with Crippen molar-refractivity contribution in [1.82, 2.24) is 20.1 Å². The lowest BCUT2D eigenvalue weighted by Gasteiger charge is -2.38. The van der Waals surface area contributed by atoms with Crippen LogP contribution in [-0.4, -0.2) is 89.6 Å². The molecule has 3 aliphatic heterocycles. The molecule has 4 heterocycles. The van der Waals surface area contributed by atoms with Gasteiger partial charge in [-0.15, -0.1) is 11.3 Å². The Kier molecular flexibility index (Phi) is 8.38. The molecule has 2 N–H and O–H groups in total. The highest BCUT2D eigenvalue weighted by Gasteiger charge is 2.42. The first-order valence-corrected chi connectivity index (χ1v) is 15.8. The minimum Gasteiger partial charge on any atom is -0.481 e. The number of piperazine rings is 1. The summed E-state index contributed by atoms with van der Waals surface area (Å²) in [5, 5.41) is 15.4. The number of hydrogen-bond acceptors (Lipinski definition) is 9. The van der Waals surface area contributed by atoms with Gasteiger partial charge in [0.25, 0.3) is 0 Å². The maximum Gasteiger partial charge on any atom is 0.338 e. The van der Waals surface area contributed by atoms with Crippen molar-refractivity contribution in [3.63, 3.8) is 0 Å². The van der Waals surface area contributed by atoms with Crippen LogP contribution in [0.5, 0.6) is 0 Å². The van der Waals surface area contributed by atoms with Crippen molar-refractivity contribution in [3.8, 4) is 0 Å². The number of ether oxygens (including phenoxy) is 1. The lowest BCUT2D eigenvalue weighted by molar-refractivity contribution is -0.142. The average Bonchev–Trinajstić information content (AvgIpc) is 3.70. The molecular weight excluding hydrogens is 611 g/mol. The van der Waals surface area contributed by atoms with Crippen LogP contribution in [0.4, 0.5) is 14.9 Å². The van der Waals surface area contributed by atoms with Crippen LogP contribution in [0, 0.1) is 12.7 Å². The van der Waals surface area contributed by atoms with Crippen LogP contribution in [0.1, 0.15) is 41.6 Å². The molecule has 2 saturated heterocycles. The first kappa shape index (κ1) is 31.4. The highest BCUT2D eigenvalue weighted by atomic mass is 32.1. The number of benzene rings is 2. The van der Waals surface area contributed by atoms with Crippen molar-refractivity contribution in [2.24, 2.45) is 4.99 Å². The van der Waals surface area contributed by atoms with E-state index in [9.17, 15) is 23.9 Å². The first-order chi connectivity index (χ1) is 22.0. The summed E-state index contributed by atoms with van der Waals surface area (Å²) < 4.78 is 19.9. The number of aromatic nitrogens is 1. The molecule has 2 fully saturated rings. The van der Waals surface area contributed by atoms with Gasteiger partial charge in [0.15, 0.2) is 10.8 Å². The van der Waals surface area contributed by atoms with Crippen LogP contribution >= 0.6 is 11.3 Å². The summed E-state index contributed by atoms with van der Waals surface area (Å²) in [5.41, 5.74) is 2.16. The van der Waals surface area contributed by atoms with E-state index in [4.69, 9.17) is 9.73 Å². The summed E-state index contributed by atoms with van der Waals surface area (Å²) in [6.07, 6.45) is 1.68. The lowest BCUT2D eigenvalue weighted by atomic mass is 9.85. The second-order valence-corrected chi connectivity index (χ2v) is 13.0. The van der Waals surface area contributed by atoms with Crippen LogP contribution in [0.3, 0.4) is 0 Å². The molecule has 1 aromatic heterocycles. The van der Waals surface area contributed by atoms with Gasteiger partial charge < -0.3 is 20.1 Å². The third kappa shape index (κ3) is 5.64. The second-order valence-electron chi connectivity index (χ2n) is 12.1. The smallest absolute Gasteiger partial charge is 0.338 e. The van der Waals surface area contributed by atoms with Gasteiger partial charge >= 0.3 is 18.0 Å². The Labute approximate surface area is 270 Å². The average molecular weight is 647 g/mol. The van der Waals surface area contributed by atoms with E-state index in [-0.39, 0.29) is 17.9 Å². The van der Waals surface area contributed by atoms with Gasteiger partial charge in [-0.25, -0.2) is 19.0 Å². The van der Waals surface area contributed by atoms with Crippen molar-refractivity contribution in [1.29, 1.82) is 0 Å². The maximum atomic E-state index is 14.7. The van der Waals surface area contributed by atoms with E-state index in [0.717, 1.165) is 0 Å². The molecule has 0 unspecified atom stereocenters. The molecule has 0 bridgehead atoms. The number of carbonyl (C=O) groups excluding carboxylic acids is 2. The third-order valence-electron chi connectivity index (χ3n) is 9.02. The zero-order valence-corrected chi connectivity index (χ0v) is 26.8. The number of methoxy groups -OCH3 is 1. The summed E-state index contributed by atoms with van der Waals surface area (Å²) in [6, 6.07) is 10.9. The number of anilines is 1. The number of esters is 1. The monoisotopic (exact) mass is 646 g/mol. The van der Waals surface area contributed by atoms with Gasteiger partial charge in [-0.3, -0.25) is 19.6 Å². The number of rotatable bonds is 8. The Bertz CT molecular complexity index is 1740. The van der Waals surface area contributed by atoms with Crippen molar-refractivity contribution in [3.05, 3.63) is 92.8 Å². The number of urea groups is 1. The molecule has 0 spiro atoms. The summed E-state index contributed by atoms with van der Waals surface area (Å²) in [6.45, 7) is 7.38. The topological polar surface area (TPSA) is 128 Å². The molecule has 0 saturated carbocycles. The number of aliphatic carboxylic acids is 1. The Morgan fingerprint density at radius 3 is 2.59 bits per heavy atom. The fraction of sp³-hybridized carbons (Fsp3) is 0.364. The number of amides is 2. The zero-order chi connectivity index (χ0) is 32.7. The highest BCUT2D eigenvalue weighted by Crippen LogP contribution is 2.36. The summed E-state index contributed by atoms with van der Waals surface area (Å²) in [5.74, 6) is -1.38. The predicted molar refractivity (Wildman–Crippen MR) is 171 cm³/mol. The van der Waals surface area contributed by atoms with Gasteiger partial charge in [0.1, 0.15) is 11.9 Å². The molecule has 240 valence electrons. The normalized spacial score (nSPS) is 20.4. The number of fused-ring (bicyclic) bond motifs is 1. The first-order valence-electron chi connectivity index (χ1n) is 14.9. The van der Waals surface area contributed by atoms with E-state index in [0.29, 0.717) is 77.2 Å². The highest BCUT2D eigenvalue weighted by molar-refractivity contribution is 7.11. The Balaban J connectivity index is 1.26. The van der Waals surface area contributed by atoms with Crippen molar-refractivity contribution in [2.75, 3.05) is 44.7 Å². The Hall–Kier alpha value is -4.62. The van der Waals surface area contributed by atoms with E-state index in [1.165, 1.54) is 24.5 Å². The van der Waals surface area contributed by atoms with Gasteiger partial charge in [-0.1, -0.05) is 24.3 Å². The number of nitrogens with one attached hydrogen (secondary N) is 1. The van der Waals surface area contributed by atoms with E-state index in [1.807, 2.05) is 10.3 Å². The molecule has 13 heteroatoms. The number of hydrogen-bond donors (Lipinski definition) is 2. The molecule has 2 aromatic carbocycles. The van der Waals surface area contributed by atoms with Gasteiger partial charge in [0.05, 0.1) is 24.1 Å². The number of nitrogens with zero attached hydrogens (tertiary/aromatic N) is 5. The Morgan fingerprint density at radius 2 is 1.91 bits per heavy atom. The fourth-order valence-electron chi connectivity index (χ4n) is 6.20. The predicted octanol–water partition coefficient (Wildman–Crippen LogP) is 4.10. The lowest BCUT2D eigenvalue weighted by Crippen LogP contribution is -2.53. The third-order valence-corrected chi connectivity index (χ3v) is 9.80. The van der Waals surface area contributed by atoms with Crippen LogP contribution in [0.15, 0.2) is 70.3 Å². The van der Waals surface area contributed by atoms with E-state index in [1.54, 1.807) is 68.3 Å². The molecule has 2 atom stereocenters. The number of aliphatic imine (C=N–C) groups is 1. The molecule has 0 aliphatic carbocycles. The van der Waals surface area contributed by atoms with Crippen LogP contribution in [-0.2, 0) is 19.7 Å². The summed E-state index contributed by atoms with van der Waals surface area (Å²) >= 11 is 1.40. The van der Waals surface area contributed by atoms with Gasteiger partial charge in [0, 0.05) is 55.7 Å². The quantitative estimate of drug-likeness (QED) is 0.351. The molecular formula is C33H35FN6O5S. The maximum absolute atomic E-state index is 14.7. The molecule has 46 heavy (non-hydrogen) atoms. The van der Waals surface area contributed by atoms with Gasteiger partial charge in [-0.2, -0.15) is 0 Å². The Morgan fingerprint density at radius 1 is 1.15 bits per heavy atom. The van der Waals surface area contributed by atoms with E-state index in [2.05, 4.69) is 15.2 Å². The molecule has 6 rings (SSSR count). The van der Waals surface area contributed by atoms with E-state index < -0.39 is 23.4 Å². The minimum atomic E-state index is -1.05. The van der Waals surface area contributed by atoms with Crippen molar-refractivity contribution in [2.45, 2.75) is 38.3 Å². The number of carboxylic acid groups (broad SMARTS) is 1. The fourth-order valence-corrected chi connectivity index (χ4v) is 6.79. The van der Waals surface area contributed by atoms with Crippen molar-refractivity contribution < 1.29 is 28.6 Å². The summed E-state index contributed by atoms with van der Waals surface area (Å²) in [7, 11) is 1.31. The number of amidine groups is 1. The molecule has 11 nitrogen and oxygen atoms in total. The number of carbonyl (C=O) groups is 3. The standard InChI is InChI=1S/C33H35FN6O5S/c1-19-23(6-5-7-24(19)34)27-26(30(41)45-4)25(36-28(37-27)29-35-12-15-46-29)18-38-13-14-39-22(16-38)17-40(32(39)44)21-10-8-20(9-11-21)33(2,3)31(42)43/h5-12,15,22,27H,13-14,16-18H2,1-4H3,(H,36,37)(H,42,43)/t22-,27-/m0/s1. The second kappa shape index (κ2) is 12.3. The van der Waals surface area contributed by atoms with Crippen LogP contribution in [0.25, 0.3) is 0 Å². The SMILES string of the molecule is COC(=O)C1=C(CN2CCN3C(=O)N(c4ccc(C(C)(C)C(=O)O)cc4)C[C@@H]3C2)NC(c2nccs2)=N[C@H]1c1cccc(F)c1C. The minimum absolute atomic E-state index is 0.0972. The largest absolute Gasteiger partial charge is 0.481 e. The van der Waals surface area contributed by atoms with Gasteiger partial charge in [0.2, 0.25) is 0 Å². The molecule has 2 amide bonds. The number of carboxylic acids is 1. The van der Waals surface area contributed by atoms with Crippen molar-refractivity contribution >= 4 is 40.8 Å². The number of thiazole rings is 1. The zero-order valence-electron chi connectivity index (χ0n) is 26.0. The summed E-state index contributed by atoms with van der Waals surface area (Å²) in [4.78, 5) is 53.5.